The summed E-state index contributed by atoms with van der Waals surface area (Å²) in [6.07, 6.45) is 0.603. The lowest BCUT2D eigenvalue weighted by Gasteiger charge is -2.16. The number of ether oxygens (including phenoxy) is 2. The normalized spacial score (nSPS) is 12.6. The molecule has 0 fully saturated rings. The van der Waals surface area contributed by atoms with Crippen molar-refractivity contribution in [3.05, 3.63) is 53.3 Å². The highest BCUT2D eigenvalue weighted by molar-refractivity contribution is 7.89. The van der Waals surface area contributed by atoms with Crippen LogP contribution < -0.4 is 19.9 Å². The van der Waals surface area contributed by atoms with Gasteiger partial charge in [-0.1, -0.05) is 12.1 Å². The molecule has 0 spiro atoms. The Balaban J connectivity index is 1.89. The molecule has 2 aromatic rings. The van der Waals surface area contributed by atoms with E-state index in [0.717, 1.165) is 5.56 Å². The van der Waals surface area contributed by atoms with Crippen molar-refractivity contribution in [2.24, 2.45) is 5.14 Å². The van der Waals surface area contributed by atoms with Crippen LogP contribution in [0.25, 0.3) is 0 Å². The standard InChI is InChI=1S/C19H25FN2O4S/c1-13(22-9-10-26-17-6-4-5-16(20)14(17)2)11-15-7-8-18(25-3)19(12-15)27(21,23)24/h4-8,12-13,22H,9-11H2,1-3H3,(H2,21,23,24). The van der Waals surface area contributed by atoms with Crippen molar-refractivity contribution in [1.29, 1.82) is 0 Å². The summed E-state index contributed by atoms with van der Waals surface area (Å²) in [7, 11) is -2.46. The van der Waals surface area contributed by atoms with Gasteiger partial charge in [0.25, 0.3) is 0 Å². The maximum atomic E-state index is 13.5. The number of hydrogen-bond donors (Lipinski definition) is 2. The minimum atomic E-state index is -3.86. The molecule has 2 aromatic carbocycles. The van der Waals surface area contributed by atoms with E-state index < -0.39 is 10.0 Å². The van der Waals surface area contributed by atoms with Gasteiger partial charge in [0.15, 0.2) is 0 Å². The number of sulfonamides is 1. The summed E-state index contributed by atoms with van der Waals surface area (Å²) in [4.78, 5) is -0.0281. The molecule has 0 amide bonds. The molecular formula is C19H25FN2O4S. The molecule has 0 aromatic heterocycles. The maximum absolute atomic E-state index is 13.5. The SMILES string of the molecule is COc1ccc(CC(C)NCCOc2cccc(F)c2C)cc1S(N)(=O)=O. The molecule has 0 radical (unpaired) electrons. The van der Waals surface area contributed by atoms with Gasteiger partial charge in [-0.3, -0.25) is 0 Å². The summed E-state index contributed by atoms with van der Waals surface area (Å²) in [5.74, 6) is 0.456. The number of halogens is 1. The molecule has 27 heavy (non-hydrogen) atoms. The van der Waals surface area contributed by atoms with E-state index in [-0.39, 0.29) is 22.5 Å². The Hall–Kier alpha value is -2.16. The van der Waals surface area contributed by atoms with Crippen LogP contribution in [0, 0.1) is 12.7 Å². The Morgan fingerprint density at radius 2 is 1.96 bits per heavy atom. The van der Waals surface area contributed by atoms with Gasteiger partial charge in [-0.25, -0.2) is 17.9 Å². The van der Waals surface area contributed by atoms with Crippen LogP contribution in [0.5, 0.6) is 11.5 Å². The van der Waals surface area contributed by atoms with Gasteiger partial charge in [-0.2, -0.15) is 0 Å². The van der Waals surface area contributed by atoms with Crippen LogP contribution in [-0.2, 0) is 16.4 Å². The lowest BCUT2D eigenvalue weighted by atomic mass is 10.1. The van der Waals surface area contributed by atoms with Crippen molar-refractivity contribution in [3.63, 3.8) is 0 Å². The molecule has 3 N–H and O–H groups in total. The molecule has 1 unspecified atom stereocenters. The Kier molecular flexibility index (Phi) is 7.18. The van der Waals surface area contributed by atoms with Gasteiger partial charge < -0.3 is 14.8 Å². The number of hydrogen-bond acceptors (Lipinski definition) is 5. The zero-order chi connectivity index (χ0) is 20.0. The molecule has 0 saturated heterocycles. The zero-order valence-corrected chi connectivity index (χ0v) is 16.5. The first-order valence-corrected chi connectivity index (χ1v) is 10.1. The van der Waals surface area contributed by atoms with Crippen LogP contribution in [0.3, 0.4) is 0 Å². The van der Waals surface area contributed by atoms with Crippen LogP contribution in [0.15, 0.2) is 41.3 Å². The predicted molar refractivity (Wildman–Crippen MR) is 102 cm³/mol. The third-order valence-electron chi connectivity index (χ3n) is 4.15. The van der Waals surface area contributed by atoms with E-state index >= 15 is 0 Å². The first-order chi connectivity index (χ1) is 12.7. The first-order valence-electron chi connectivity index (χ1n) is 8.53. The minimum Gasteiger partial charge on any atom is -0.495 e. The van der Waals surface area contributed by atoms with E-state index in [1.807, 2.05) is 6.92 Å². The van der Waals surface area contributed by atoms with Crippen molar-refractivity contribution < 1.29 is 22.3 Å². The van der Waals surface area contributed by atoms with Crippen molar-refractivity contribution >= 4 is 10.0 Å². The summed E-state index contributed by atoms with van der Waals surface area (Å²) in [6.45, 7) is 4.61. The van der Waals surface area contributed by atoms with Gasteiger partial charge in [0.05, 0.1) is 7.11 Å². The molecule has 148 valence electrons. The quantitative estimate of drug-likeness (QED) is 0.635. The maximum Gasteiger partial charge on any atom is 0.241 e. The molecule has 0 aliphatic carbocycles. The molecule has 0 aliphatic heterocycles. The van der Waals surface area contributed by atoms with Gasteiger partial charge in [0, 0.05) is 18.2 Å². The lowest BCUT2D eigenvalue weighted by Crippen LogP contribution is -2.32. The zero-order valence-electron chi connectivity index (χ0n) is 15.7. The number of nitrogens with two attached hydrogens (primary N) is 1. The Bertz CT molecular complexity index is 887. The summed E-state index contributed by atoms with van der Waals surface area (Å²) >= 11 is 0. The second-order valence-electron chi connectivity index (χ2n) is 6.30. The molecule has 8 heteroatoms. The second-order valence-corrected chi connectivity index (χ2v) is 7.83. The lowest BCUT2D eigenvalue weighted by molar-refractivity contribution is 0.303. The highest BCUT2D eigenvalue weighted by Gasteiger charge is 2.16. The number of benzene rings is 2. The molecule has 0 saturated carbocycles. The van der Waals surface area contributed by atoms with Crippen LogP contribution >= 0.6 is 0 Å². The van der Waals surface area contributed by atoms with Gasteiger partial charge >= 0.3 is 0 Å². The molecule has 0 aliphatic rings. The molecular weight excluding hydrogens is 371 g/mol. The van der Waals surface area contributed by atoms with Gasteiger partial charge in [-0.05, 0) is 50.1 Å². The Labute approximate surface area is 159 Å². The second kappa shape index (κ2) is 9.16. The molecule has 6 nitrogen and oxygen atoms in total. The minimum absolute atomic E-state index is 0.0281. The fourth-order valence-electron chi connectivity index (χ4n) is 2.71. The van der Waals surface area contributed by atoms with Gasteiger partial charge in [0.1, 0.15) is 28.8 Å². The molecule has 0 heterocycles. The fraction of sp³-hybridized carbons (Fsp3) is 0.368. The highest BCUT2D eigenvalue weighted by Crippen LogP contribution is 2.24. The van der Waals surface area contributed by atoms with Crippen LogP contribution in [0.1, 0.15) is 18.1 Å². The summed E-state index contributed by atoms with van der Waals surface area (Å²) < 4.78 is 47.5. The third-order valence-corrected chi connectivity index (χ3v) is 5.08. The number of methoxy groups -OCH3 is 1. The smallest absolute Gasteiger partial charge is 0.241 e. The molecule has 1 atom stereocenters. The topological polar surface area (TPSA) is 90.7 Å². The van der Waals surface area contributed by atoms with Crippen molar-refractivity contribution in [2.75, 3.05) is 20.3 Å². The average molecular weight is 396 g/mol. The largest absolute Gasteiger partial charge is 0.495 e. The van der Waals surface area contributed by atoms with E-state index in [0.29, 0.717) is 30.9 Å². The van der Waals surface area contributed by atoms with Crippen molar-refractivity contribution in [3.8, 4) is 11.5 Å². The van der Waals surface area contributed by atoms with E-state index in [2.05, 4.69) is 5.32 Å². The van der Waals surface area contributed by atoms with Gasteiger partial charge in [0.2, 0.25) is 10.0 Å². The summed E-state index contributed by atoms with van der Waals surface area (Å²) in [5, 5.41) is 8.53. The van der Waals surface area contributed by atoms with Crippen LogP contribution in [-0.4, -0.2) is 34.7 Å². The Morgan fingerprint density at radius 3 is 2.63 bits per heavy atom. The van der Waals surface area contributed by atoms with Crippen molar-refractivity contribution in [2.45, 2.75) is 31.2 Å². The van der Waals surface area contributed by atoms with E-state index in [1.54, 1.807) is 31.2 Å². The van der Waals surface area contributed by atoms with Crippen LogP contribution in [0.4, 0.5) is 4.39 Å². The number of rotatable bonds is 9. The van der Waals surface area contributed by atoms with E-state index in [1.165, 1.54) is 19.2 Å². The van der Waals surface area contributed by atoms with E-state index in [4.69, 9.17) is 14.6 Å². The molecule has 2 rings (SSSR count). The van der Waals surface area contributed by atoms with Crippen molar-refractivity contribution in [1.82, 2.24) is 5.32 Å². The highest BCUT2D eigenvalue weighted by atomic mass is 32.2. The molecule has 0 bridgehead atoms. The van der Waals surface area contributed by atoms with Crippen LogP contribution in [0.2, 0.25) is 0 Å². The number of primary sulfonamides is 1. The first kappa shape index (κ1) is 21.1. The van der Waals surface area contributed by atoms with Gasteiger partial charge in [-0.15, -0.1) is 0 Å². The summed E-state index contributed by atoms with van der Waals surface area (Å²) in [5.41, 5.74) is 1.31. The number of nitrogens with one attached hydrogen (secondary N) is 1. The van der Waals surface area contributed by atoms with E-state index in [9.17, 15) is 12.8 Å². The Morgan fingerprint density at radius 1 is 1.22 bits per heavy atom. The summed E-state index contributed by atoms with van der Waals surface area (Å²) in [6, 6.07) is 9.74. The third kappa shape index (κ3) is 5.92. The monoisotopic (exact) mass is 396 g/mol. The average Bonchev–Trinajstić information content (AvgIpc) is 2.61. The fourth-order valence-corrected chi connectivity index (χ4v) is 3.45. The predicted octanol–water partition coefficient (Wildman–Crippen LogP) is 2.39.